The van der Waals surface area contributed by atoms with Gasteiger partial charge in [-0.1, -0.05) is 12.1 Å². The normalized spacial score (nSPS) is 11.1. The molecule has 0 aromatic heterocycles. The number of carbonyl (C=O) groups excluding carboxylic acids is 1. The van der Waals surface area contributed by atoms with Crippen molar-refractivity contribution in [3.8, 4) is 5.75 Å². The third-order valence-corrected chi connectivity index (χ3v) is 2.65. The van der Waals surface area contributed by atoms with E-state index in [2.05, 4.69) is 0 Å². The van der Waals surface area contributed by atoms with Crippen molar-refractivity contribution < 1.29 is 17.9 Å². The standard InChI is InChI=1S/C9H10ClNO4S/c10-16(13,14)6-7-1-3-8(4-2-7)15-5-9(11)12/h1-4H,5-6H2,(H2,11,12). The summed E-state index contributed by atoms with van der Waals surface area (Å²) < 4.78 is 26.5. The lowest BCUT2D eigenvalue weighted by molar-refractivity contribution is -0.119. The van der Waals surface area contributed by atoms with Gasteiger partial charge in [0.2, 0.25) is 9.05 Å². The van der Waals surface area contributed by atoms with E-state index in [1.165, 1.54) is 0 Å². The highest BCUT2D eigenvalue weighted by molar-refractivity contribution is 8.13. The first-order valence-electron chi connectivity index (χ1n) is 4.29. The van der Waals surface area contributed by atoms with Crippen molar-refractivity contribution in [3.63, 3.8) is 0 Å². The Balaban J connectivity index is 2.64. The fraction of sp³-hybridized carbons (Fsp3) is 0.222. The molecule has 0 fully saturated rings. The number of amides is 1. The molecule has 1 aromatic rings. The molecule has 0 heterocycles. The smallest absolute Gasteiger partial charge is 0.255 e. The van der Waals surface area contributed by atoms with Gasteiger partial charge in [-0.3, -0.25) is 4.79 Å². The molecule has 0 bridgehead atoms. The molecule has 0 aliphatic rings. The third kappa shape index (κ3) is 4.99. The van der Waals surface area contributed by atoms with Gasteiger partial charge >= 0.3 is 0 Å². The highest BCUT2D eigenvalue weighted by atomic mass is 35.7. The molecule has 0 radical (unpaired) electrons. The Hall–Kier alpha value is -1.27. The van der Waals surface area contributed by atoms with Crippen LogP contribution in [0.1, 0.15) is 5.56 Å². The second kappa shape index (κ2) is 5.18. The van der Waals surface area contributed by atoms with Gasteiger partial charge in [0.25, 0.3) is 5.91 Å². The Morgan fingerprint density at radius 2 is 1.88 bits per heavy atom. The Morgan fingerprint density at radius 1 is 1.31 bits per heavy atom. The first-order chi connectivity index (χ1) is 7.37. The number of ether oxygens (including phenoxy) is 1. The van der Waals surface area contributed by atoms with Gasteiger partial charge < -0.3 is 10.5 Å². The van der Waals surface area contributed by atoms with Crippen molar-refractivity contribution in [3.05, 3.63) is 29.8 Å². The minimum Gasteiger partial charge on any atom is -0.484 e. The van der Waals surface area contributed by atoms with E-state index in [0.717, 1.165) is 0 Å². The molecule has 0 saturated heterocycles. The number of primary amides is 1. The van der Waals surface area contributed by atoms with Crippen LogP contribution in [-0.2, 0) is 19.6 Å². The van der Waals surface area contributed by atoms with Gasteiger partial charge in [0.15, 0.2) is 6.61 Å². The minimum absolute atomic E-state index is 0.215. The monoisotopic (exact) mass is 263 g/mol. The lowest BCUT2D eigenvalue weighted by atomic mass is 10.2. The van der Waals surface area contributed by atoms with Crippen LogP contribution in [-0.4, -0.2) is 20.9 Å². The van der Waals surface area contributed by atoms with E-state index in [-0.39, 0.29) is 12.4 Å². The largest absolute Gasteiger partial charge is 0.484 e. The summed E-state index contributed by atoms with van der Waals surface area (Å²) in [5.74, 6) is -0.382. The topological polar surface area (TPSA) is 86.5 Å². The number of nitrogens with two attached hydrogens (primary N) is 1. The average molecular weight is 264 g/mol. The quantitative estimate of drug-likeness (QED) is 0.789. The third-order valence-electron chi connectivity index (χ3n) is 1.64. The molecular formula is C9H10ClNO4S. The average Bonchev–Trinajstić information content (AvgIpc) is 2.14. The zero-order valence-electron chi connectivity index (χ0n) is 8.22. The van der Waals surface area contributed by atoms with E-state index >= 15 is 0 Å². The summed E-state index contributed by atoms with van der Waals surface area (Å²) in [6, 6.07) is 6.19. The van der Waals surface area contributed by atoms with Gasteiger partial charge in [0.1, 0.15) is 5.75 Å². The van der Waals surface area contributed by atoms with Crippen LogP contribution >= 0.6 is 10.7 Å². The fourth-order valence-corrected chi connectivity index (χ4v) is 2.00. The first kappa shape index (κ1) is 12.8. The number of hydrogen-bond acceptors (Lipinski definition) is 4. The summed E-state index contributed by atoms with van der Waals surface area (Å²) in [4.78, 5) is 10.4. The van der Waals surface area contributed by atoms with Crippen LogP contribution in [0.2, 0.25) is 0 Å². The second-order valence-electron chi connectivity index (χ2n) is 3.08. The minimum atomic E-state index is -3.56. The number of rotatable bonds is 5. The predicted molar refractivity (Wildman–Crippen MR) is 59.6 cm³/mol. The van der Waals surface area contributed by atoms with E-state index in [4.69, 9.17) is 21.2 Å². The Morgan fingerprint density at radius 3 is 2.31 bits per heavy atom. The molecule has 5 nitrogen and oxygen atoms in total. The van der Waals surface area contributed by atoms with Gasteiger partial charge in [-0.05, 0) is 17.7 Å². The van der Waals surface area contributed by atoms with E-state index in [0.29, 0.717) is 11.3 Å². The van der Waals surface area contributed by atoms with Crippen LogP contribution in [0.15, 0.2) is 24.3 Å². The maximum Gasteiger partial charge on any atom is 0.255 e. The van der Waals surface area contributed by atoms with Crippen molar-refractivity contribution in [2.45, 2.75) is 5.75 Å². The summed E-state index contributed by atoms with van der Waals surface area (Å²) in [6.07, 6.45) is 0. The lowest BCUT2D eigenvalue weighted by Crippen LogP contribution is -2.19. The lowest BCUT2D eigenvalue weighted by Gasteiger charge is -2.04. The molecule has 16 heavy (non-hydrogen) atoms. The molecular weight excluding hydrogens is 254 g/mol. The molecule has 0 unspecified atom stereocenters. The molecule has 0 saturated carbocycles. The zero-order valence-corrected chi connectivity index (χ0v) is 9.79. The van der Waals surface area contributed by atoms with Crippen molar-refractivity contribution in [1.82, 2.24) is 0 Å². The van der Waals surface area contributed by atoms with E-state index in [9.17, 15) is 13.2 Å². The van der Waals surface area contributed by atoms with Gasteiger partial charge in [0, 0.05) is 10.7 Å². The molecule has 1 aromatic carbocycles. The zero-order chi connectivity index (χ0) is 12.2. The van der Waals surface area contributed by atoms with Crippen molar-refractivity contribution in [2.24, 2.45) is 5.73 Å². The Bertz CT molecular complexity index is 469. The van der Waals surface area contributed by atoms with Crippen LogP contribution in [0.4, 0.5) is 0 Å². The molecule has 88 valence electrons. The summed E-state index contributed by atoms with van der Waals surface area (Å²) in [6.45, 7) is -0.215. The predicted octanol–water partition coefficient (Wildman–Crippen LogP) is 0.619. The Kier molecular flexibility index (Phi) is 4.14. The van der Waals surface area contributed by atoms with Gasteiger partial charge in [0.05, 0.1) is 5.75 Å². The summed E-state index contributed by atoms with van der Waals surface area (Å²) in [7, 11) is 1.53. The number of carbonyl (C=O) groups is 1. The molecule has 0 aliphatic heterocycles. The first-order valence-corrected chi connectivity index (χ1v) is 6.77. The summed E-state index contributed by atoms with van der Waals surface area (Å²) in [5.41, 5.74) is 5.44. The maximum atomic E-state index is 10.8. The van der Waals surface area contributed by atoms with Gasteiger partial charge in [-0.2, -0.15) is 0 Å². The number of halogens is 1. The summed E-state index contributed by atoms with van der Waals surface area (Å²) >= 11 is 0. The molecule has 0 atom stereocenters. The Labute approximate surface area is 97.6 Å². The highest BCUT2D eigenvalue weighted by Crippen LogP contribution is 2.15. The molecule has 0 spiro atoms. The molecule has 2 N–H and O–H groups in total. The van der Waals surface area contributed by atoms with Crippen molar-refractivity contribution in [1.29, 1.82) is 0 Å². The molecule has 7 heteroatoms. The highest BCUT2D eigenvalue weighted by Gasteiger charge is 2.07. The molecule has 0 aliphatic carbocycles. The van der Waals surface area contributed by atoms with Crippen LogP contribution in [0.3, 0.4) is 0 Å². The summed E-state index contributed by atoms with van der Waals surface area (Å²) in [5, 5.41) is 0. The van der Waals surface area contributed by atoms with Gasteiger partial charge in [-0.25, -0.2) is 8.42 Å². The van der Waals surface area contributed by atoms with Crippen LogP contribution < -0.4 is 10.5 Å². The fourth-order valence-electron chi connectivity index (χ4n) is 1.04. The SMILES string of the molecule is NC(=O)COc1ccc(CS(=O)(=O)Cl)cc1. The molecule has 1 amide bonds. The van der Waals surface area contributed by atoms with Crippen LogP contribution in [0.25, 0.3) is 0 Å². The van der Waals surface area contributed by atoms with E-state index < -0.39 is 15.0 Å². The van der Waals surface area contributed by atoms with Crippen molar-refractivity contribution >= 4 is 25.6 Å². The number of benzene rings is 1. The maximum absolute atomic E-state index is 10.8. The van der Waals surface area contributed by atoms with E-state index in [1.807, 2.05) is 0 Å². The number of hydrogen-bond donors (Lipinski definition) is 1. The van der Waals surface area contributed by atoms with Crippen molar-refractivity contribution in [2.75, 3.05) is 6.61 Å². The van der Waals surface area contributed by atoms with E-state index in [1.54, 1.807) is 24.3 Å². The second-order valence-corrected chi connectivity index (χ2v) is 5.86. The van der Waals surface area contributed by atoms with Gasteiger partial charge in [-0.15, -0.1) is 0 Å². The molecule has 1 rings (SSSR count). The van der Waals surface area contributed by atoms with Crippen LogP contribution in [0, 0.1) is 0 Å². The van der Waals surface area contributed by atoms with Crippen LogP contribution in [0.5, 0.6) is 5.75 Å².